The van der Waals surface area contributed by atoms with Crippen LogP contribution in [0.15, 0.2) is 29.1 Å². The van der Waals surface area contributed by atoms with E-state index in [-0.39, 0.29) is 11.5 Å². The van der Waals surface area contributed by atoms with Crippen LogP contribution in [-0.4, -0.2) is 24.4 Å². The van der Waals surface area contributed by atoms with Gasteiger partial charge < -0.3 is 5.32 Å². The summed E-state index contributed by atoms with van der Waals surface area (Å²) in [6, 6.07) is 6.32. The fourth-order valence-corrected chi connectivity index (χ4v) is 3.50. The van der Waals surface area contributed by atoms with Crippen LogP contribution in [-0.2, 0) is 17.6 Å². The minimum Gasteiger partial charge on any atom is -0.322 e. The van der Waals surface area contributed by atoms with E-state index < -0.39 is 6.04 Å². The fourth-order valence-electron chi connectivity index (χ4n) is 2.95. The molecule has 0 spiro atoms. The highest BCUT2D eigenvalue weighted by Crippen LogP contribution is 2.22. The lowest BCUT2D eigenvalue weighted by Crippen LogP contribution is -2.34. The highest BCUT2D eigenvalue weighted by atomic mass is 32.1. The van der Waals surface area contributed by atoms with Crippen molar-refractivity contribution in [3.8, 4) is 0 Å². The van der Waals surface area contributed by atoms with Crippen LogP contribution in [0.25, 0.3) is 11.0 Å². The van der Waals surface area contributed by atoms with E-state index >= 15 is 0 Å². The van der Waals surface area contributed by atoms with Gasteiger partial charge in [0, 0.05) is 6.07 Å². The van der Waals surface area contributed by atoms with Crippen LogP contribution in [0.1, 0.15) is 30.6 Å². The third-order valence-electron chi connectivity index (χ3n) is 4.27. The van der Waals surface area contributed by atoms with E-state index in [1.54, 1.807) is 19.1 Å². The maximum atomic E-state index is 12.6. The molecular weight excluding hydrogens is 326 g/mol. The van der Waals surface area contributed by atoms with Crippen LogP contribution in [0.2, 0.25) is 0 Å². The van der Waals surface area contributed by atoms with Gasteiger partial charge in [-0.05, 0) is 43.9 Å². The van der Waals surface area contributed by atoms with Gasteiger partial charge in [-0.25, -0.2) is 4.68 Å². The molecule has 2 aromatic heterocycles. The van der Waals surface area contributed by atoms with Crippen molar-refractivity contribution in [2.75, 3.05) is 5.32 Å². The molecule has 3 aromatic rings. The largest absolute Gasteiger partial charge is 0.322 e. The molecule has 122 valence electrons. The Morgan fingerprint density at radius 1 is 1.33 bits per heavy atom. The number of hydrogen-bond donors (Lipinski definition) is 1. The molecule has 7 nitrogen and oxygen atoms in total. The number of hydrogen-bond acceptors (Lipinski definition) is 6. The Morgan fingerprint density at radius 2 is 2.21 bits per heavy atom. The van der Waals surface area contributed by atoms with Crippen LogP contribution >= 0.6 is 11.7 Å². The minimum atomic E-state index is -0.703. The maximum absolute atomic E-state index is 12.6. The molecule has 8 heteroatoms. The molecule has 1 aliphatic rings. The maximum Gasteiger partial charge on any atom is 0.267 e. The third kappa shape index (κ3) is 2.48. The molecule has 0 bridgehead atoms. The zero-order chi connectivity index (χ0) is 16.7. The van der Waals surface area contributed by atoms with E-state index in [2.05, 4.69) is 19.2 Å². The topological polar surface area (TPSA) is 89.8 Å². The molecule has 1 atom stereocenters. The summed E-state index contributed by atoms with van der Waals surface area (Å²) >= 11 is 1.10. The Kier molecular flexibility index (Phi) is 3.61. The van der Waals surface area contributed by atoms with E-state index in [0.717, 1.165) is 47.8 Å². The van der Waals surface area contributed by atoms with Crippen molar-refractivity contribution in [1.29, 1.82) is 0 Å². The third-order valence-corrected chi connectivity index (χ3v) is 4.82. The zero-order valence-corrected chi connectivity index (χ0v) is 13.8. The van der Waals surface area contributed by atoms with E-state index in [1.807, 2.05) is 12.1 Å². The summed E-state index contributed by atoms with van der Waals surface area (Å²) in [5, 5.41) is 7.21. The first-order valence-corrected chi connectivity index (χ1v) is 8.50. The lowest BCUT2D eigenvalue weighted by molar-refractivity contribution is -0.119. The fraction of sp³-hybridized carbons (Fsp3) is 0.312. The zero-order valence-electron chi connectivity index (χ0n) is 13.0. The molecule has 0 fully saturated rings. The Bertz CT molecular complexity index is 994. The Balaban J connectivity index is 1.63. The standard InChI is InChI=1S/C16H15N5O2S/c1-9(21-14(22)8-10-4-2-5-11(10)18-21)16(23)17-12-6-3-7-13-15(12)20-24-19-13/h3,6-9H,2,4-5H2,1H3,(H,17,23)/t9-/m1/s1. The molecule has 0 unspecified atom stereocenters. The molecule has 24 heavy (non-hydrogen) atoms. The van der Waals surface area contributed by atoms with Crippen molar-refractivity contribution >= 4 is 34.4 Å². The van der Waals surface area contributed by atoms with Gasteiger partial charge in [0.2, 0.25) is 5.91 Å². The minimum absolute atomic E-state index is 0.244. The van der Waals surface area contributed by atoms with Crippen LogP contribution in [0, 0.1) is 0 Å². The quantitative estimate of drug-likeness (QED) is 0.786. The number of aryl methyl sites for hydroxylation is 2. The van der Waals surface area contributed by atoms with Gasteiger partial charge in [0.25, 0.3) is 5.56 Å². The predicted molar refractivity (Wildman–Crippen MR) is 91.3 cm³/mol. The van der Waals surface area contributed by atoms with Gasteiger partial charge in [0.15, 0.2) is 0 Å². The van der Waals surface area contributed by atoms with E-state index in [4.69, 9.17) is 0 Å². The van der Waals surface area contributed by atoms with Crippen molar-refractivity contribution in [3.63, 3.8) is 0 Å². The SMILES string of the molecule is C[C@H](C(=O)Nc1cccc2nsnc12)n1nc2c(cc1=O)CCC2. The summed E-state index contributed by atoms with van der Waals surface area (Å²) in [5.41, 5.74) is 3.65. The first-order valence-electron chi connectivity index (χ1n) is 7.77. The Labute approximate surface area is 141 Å². The van der Waals surface area contributed by atoms with Gasteiger partial charge in [-0.3, -0.25) is 9.59 Å². The molecule has 0 saturated carbocycles. The number of fused-ring (bicyclic) bond motifs is 2. The van der Waals surface area contributed by atoms with Gasteiger partial charge in [-0.1, -0.05) is 6.07 Å². The first-order chi connectivity index (χ1) is 11.6. The molecule has 2 heterocycles. The van der Waals surface area contributed by atoms with E-state index in [0.29, 0.717) is 11.2 Å². The summed E-state index contributed by atoms with van der Waals surface area (Å²) in [7, 11) is 0. The number of aromatic nitrogens is 4. The summed E-state index contributed by atoms with van der Waals surface area (Å²) < 4.78 is 9.62. The molecule has 1 amide bonds. The van der Waals surface area contributed by atoms with Crippen molar-refractivity contribution in [2.45, 2.75) is 32.2 Å². The van der Waals surface area contributed by atoms with Gasteiger partial charge >= 0.3 is 0 Å². The number of rotatable bonds is 3. The first kappa shape index (κ1) is 14.9. The number of nitrogens with one attached hydrogen (secondary N) is 1. The van der Waals surface area contributed by atoms with Gasteiger partial charge in [-0.2, -0.15) is 13.8 Å². The normalized spacial score (nSPS) is 14.5. The Hall–Kier alpha value is -2.61. The second kappa shape index (κ2) is 5.79. The second-order valence-corrected chi connectivity index (χ2v) is 6.38. The van der Waals surface area contributed by atoms with E-state index in [1.165, 1.54) is 4.68 Å². The number of amides is 1. The number of carbonyl (C=O) groups excluding carboxylic acids is 1. The smallest absolute Gasteiger partial charge is 0.267 e. The molecule has 0 saturated heterocycles. The van der Waals surface area contributed by atoms with E-state index in [9.17, 15) is 9.59 Å². The highest BCUT2D eigenvalue weighted by Gasteiger charge is 2.22. The van der Waals surface area contributed by atoms with Gasteiger partial charge in [0.05, 0.1) is 23.1 Å². The molecular formula is C16H15N5O2S. The summed E-state index contributed by atoms with van der Waals surface area (Å²) in [4.78, 5) is 24.8. The lowest BCUT2D eigenvalue weighted by atomic mass is 10.2. The number of benzene rings is 1. The summed E-state index contributed by atoms with van der Waals surface area (Å²) in [5.74, 6) is -0.303. The van der Waals surface area contributed by atoms with Gasteiger partial charge in [-0.15, -0.1) is 0 Å². The second-order valence-electron chi connectivity index (χ2n) is 5.86. The predicted octanol–water partition coefficient (Wildman–Crippen LogP) is 1.94. The molecule has 1 aromatic carbocycles. The number of carbonyl (C=O) groups is 1. The lowest BCUT2D eigenvalue weighted by Gasteiger charge is -2.15. The van der Waals surface area contributed by atoms with Crippen molar-refractivity contribution in [3.05, 3.63) is 45.9 Å². The molecule has 4 rings (SSSR count). The number of nitrogens with zero attached hydrogens (tertiary/aromatic N) is 4. The molecule has 0 radical (unpaired) electrons. The van der Waals surface area contributed by atoms with Crippen molar-refractivity contribution in [1.82, 2.24) is 18.5 Å². The average Bonchev–Trinajstić information content (AvgIpc) is 3.22. The van der Waals surface area contributed by atoms with Crippen LogP contribution in [0.4, 0.5) is 5.69 Å². The molecule has 1 N–H and O–H groups in total. The van der Waals surface area contributed by atoms with Crippen LogP contribution in [0.5, 0.6) is 0 Å². The van der Waals surface area contributed by atoms with Gasteiger partial charge in [0.1, 0.15) is 17.1 Å². The summed E-state index contributed by atoms with van der Waals surface area (Å²) in [6.07, 6.45) is 2.75. The van der Waals surface area contributed by atoms with Crippen molar-refractivity contribution in [2.24, 2.45) is 0 Å². The molecule has 0 aliphatic heterocycles. The number of anilines is 1. The Morgan fingerprint density at radius 3 is 3.08 bits per heavy atom. The average molecular weight is 341 g/mol. The molecule has 1 aliphatic carbocycles. The monoisotopic (exact) mass is 341 g/mol. The highest BCUT2D eigenvalue weighted by molar-refractivity contribution is 7.00. The van der Waals surface area contributed by atoms with Crippen LogP contribution in [0.3, 0.4) is 0 Å². The van der Waals surface area contributed by atoms with Crippen LogP contribution < -0.4 is 10.9 Å². The van der Waals surface area contributed by atoms with Crippen molar-refractivity contribution < 1.29 is 4.79 Å². The summed E-state index contributed by atoms with van der Waals surface area (Å²) in [6.45, 7) is 1.67.